The second kappa shape index (κ2) is 5.65. The SMILES string of the molecule is COc1cccc(N(C)C(C)c2ccc(O)cc2)c1. The summed E-state index contributed by atoms with van der Waals surface area (Å²) >= 11 is 0. The summed E-state index contributed by atoms with van der Waals surface area (Å²) < 4.78 is 5.25. The standard InChI is InChI=1S/C16H19NO2/c1-12(13-7-9-15(18)10-8-13)17(2)14-5-4-6-16(11-14)19-3/h4-12,18H,1-3H3. The molecule has 2 aromatic rings. The lowest BCUT2D eigenvalue weighted by atomic mass is 10.1. The van der Waals surface area contributed by atoms with E-state index in [1.165, 1.54) is 0 Å². The van der Waals surface area contributed by atoms with Crippen molar-refractivity contribution in [1.29, 1.82) is 0 Å². The monoisotopic (exact) mass is 257 g/mol. The molecule has 2 rings (SSSR count). The summed E-state index contributed by atoms with van der Waals surface area (Å²) in [4.78, 5) is 2.18. The number of hydrogen-bond donors (Lipinski definition) is 1. The van der Waals surface area contributed by atoms with E-state index in [1.54, 1.807) is 19.2 Å². The van der Waals surface area contributed by atoms with Gasteiger partial charge in [0.15, 0.2) is 0 Å². The van der Waals surface area contributed by atoms with Crippen molar-refractivity contribution in [2.45, 2.75) is 13.0 Å². The predicted octanol–water partition coefficient (Wildman–Crippen LogP) is 3.60. The Balaban J connectivity index is 2.22. The average Bonchev–Trinajstić information content (AvgIpc) is 2.46. The van der Waals surface area contributed by atoms with Crippen LogP contribution in [0.3, 0.4) is 0 Å². The third kappa shape index (κ3) is 2.99. The molecule has 0 radical (unpaired) electrons. The third-order valence-electron chi connectivity index (χ3n) is 3.42. The van der Waals surface area contributed by atoms with Crippen molar-refractivity contribution in [3.8, 4) is 11.5 Å². The van der Waals surface area contributed by atoms with Crippen LogP contribution in [0, 0.1) is 0 Å². The van der Waals surface area contributed by atoms with Crippen molar-refractivity contribution in [1.82, 2.24) is 0 Å². The van der Waals surface area contributed by atoms with Gasteiger partial charge in [-0.2, -0.15) is 0 Å². The molecule has 2 aromatic carbocycles. The third-order valence-corrected chi connectivity index (χ3v) is 3.42. The summed E-state index contributed by atoms with van der Waals surface area (Å²) in [7, 11) is 3.72. The highest BCUT2D eigenvalue weighted by atomic mass is 16.5. The van der Waals surface area contributed by atoms with Gasteiger partial charge in [0.25, 0.3) is 0 Å². The van der Waals surface area contributed by atoms with Gasteiger partial charge in [0.2, 0.25) is 0 Å². The van der Waals surface area contributed by atoms with Crippen LogP contribution < -0.4 is 9.64 Å². The molecule has 0 aliphatic rings. The largest absolute Gasteiger partial charge is 0.508 e. The first-order valence-electron chi connectivity index (χ1n) is 6.27. The molecule has 19 heavy (non-hydrogen) atoms. The van der Waals surface area contributed by atoms with E-state index >= 15 is 0 Å². The van der Waals surface area contributed by atoms with Crippen LogP contribution in [0.4, 0.5) is 5.69 Å². The maximum atomic E-state index is 9.33. The van der Waals surface area contributed by atoms with Crippen LogP contribution in [-0.4, -0.2) is 19.3 Å². The fraction of sp³-hybridized carbons (Fsp3) is 0.250. The van der Waals surface area contributed by atoms with Gasteiger partial charge in [0.1, 0.15) is 11.5 Å². The number of phenolic OH excluding ortho intramolecular Hbond substituents is 1. The van der Waals surface area contributed by atoms with Crippen molar-refractivity contribution < 1.29 is 9.84 Å². The van der Waals surface area contributed by atoms with Crippen LogP contribution in [0.25, 0.3) is 0 Å². The van der Waals surface area contributed by atoms with Crippen LogP contribution >= 0.6 is 0 Å². The lowest BCUT2D eigenvalue weighted by Crippen LogP contribution is -2.21. The summed E-state index contributed by atoms with van der Waals surface area (Å²) in [5.41, 5.74) is 2.25. The highest BCUT2D eigenvalue weighted by molar-refractivity contribution is 5.52. The molecule has 3 nitrogen and oxygen atoms in total. The Hall–Kier alpha value is -2.16. The van der Waals surface area contributed by atoms with Crippen molar-refractivity contribution >= 4 is 5.69 Å². The van der Waals surface area contributed by atoms with Crippen LogP contribution in [0.2, 0.25) is 0 Å². The molecule has 3 heteroatoms. The maximum Gasteiger partial charge on any atom is 0.120 e. The molecule has 0 amide bonds. The molecule has 0 spiro atoms. The first kappa shape index (κ1) is 13.3. The normalized spacial score (nSPS) is 11.9. The number of methoxy groups -OCH3 is 1. The molecule has 1 unspecified atom stereocenters. The minimum atomic E-state index is 0.215. The van der Waals surface area contributed by atoms with E-state index in [-0.39, 0.29) is 6.04 Å². The zero-order valence-corrected chi connectivity index (χ0v) is 11.5. The molecular formula is C16H19NO2. The van der Waals surface area contributed by atoms with E-state index in [0.717, 1.165) is 17.0 Å². The van der Waals surface area contributed by atoms with Crippen molar-refractivity contribution in [2.75, 3.05) is 19.1 Å². The summed E-state index contributed by atoms with van der Waals surface area (Å²) in [6.07, 6.45) is 0. The number of benzene rings is 2. The Morgan fingerprint density at radius 3 is 2.42 bits per heavy atom. The van der Waals surface area contributed by atoms with Gasteiger partial charge in [-0.15, -0.1) is 0 Å². The van der Waals surface area contributed by atoms with Crippen LogP contribution in [0.5, 0.6) is 11.5 Å². The average molecular weight is 257 g/mol. The zero-order chi connectivity index (χ0) is 13.8. The minimum absolute atomic E-state index is 0.215. The molecule has 1 N–H and O–H groups in total. The number of anilines is 1. The zero-order valence-electron chi connectivity index (χ0n) is 11.5. The van der Waals surface area contributed by atoms with E-state index in [4.69, 9.17) is 4.74 Å². The maximum absolute atomic E-state index is 9.33. The molecule has 0 bridgehead atoms. The number of ether oxygens (including phenoxy) is 1. The number of aromatic hydroxyl groups is 1. The molecule has 0 aromatic heterocycles. The number of hydrogen-bond acceptors (Lipinski definition) is 3. The van der Waals surface area contributed by atoms with Gasteiger partial charge in [0.05, 0.1) is 13.2 Å². The molecule has 100 valence electrons. The van der Waals surface area contributed by atoms with Crippen molar-refractivity contribution in [3.05, 3.63) is 54.1 Å². The second-order valence-electron chi connectivity index (χ2n) is 4.58. The summed E-state index contributed by atoms with van der Waals surface area (Å²) in [5, 5.41) is 9.33. The van der Waals surface area contributed by atoms with Crippen LogP contribution in [-0.2, 0) is 0 Å². The van der Waals surface area contributed by atoms with Crippen LogP contribution in [0.1, 0.15) is 18.5 Å². The van der Waals surface area contributed by atoms with Gasteiger partial charge < -0.3 is 14.7 Å². The Morgan fingerprint density at radius 2 is 1.79 bits per heavy atom. The Morgan fingerprint density at radius 1 is 1.11 bits per heavy atom. The Bertz CT molecular complexity index is 537. The quantitative estimate of drug-likeness (QED) is 0.908. The Labute approximate surface area is 114 Å². The van der Waals surface area contributed by atoms with E-state index in [0.29, 0.717) is 5.75 Å². The van der Waals surface area contributed by atoms with E-state index < -0.39 is 0 Å². The minimum Gasteiger partial charge on any atom is -0.508 e. The first-order chi connectivity index (χ1) is 9.11. The molecule has 0 aliphatic heterocycles. The molecule has 0 fully saturated rings. The highest BCUT2D eigenvalue weighted by Gasteiger charge is 2.12. The lowest BCUT2D eigenvalue weighted by Gasteiger charge is -2.27. The highest BCUT2D eigenvalue weighted by Crippen LogP contribution is 2.28. The fourth-order valence-electron chi connectivity index (χ4n) is 2.03. The molecule has 0 saturated carbocycles. The van der Waals surface area contributed by atoms with Crippen molar-refractivity contribution in [3.63, 3.8) is 0 Å². The predicted molar refractivity (Wildman–Crippen MR) is 77.9 cm³/mol. The van der Waals surface area contributed by atoms with Gasteiger partial charge in [-0.3, -0.25) is 0 Å². The smallest absolute Gasteiger partial charge is 0.120 e. The lowest BCUT2D eigenvalue weighted by molar-refractivity contribution is 0.414. The fourth-order valence-corrected chi connectivity index (χ4v) is 2.03. The van der Waals surface area contributed by atoms with Gasteiger partial charge in [0, 0.05) is 18.8 Å². The Kier molecular flexibility index (Phi) is 3.95. The summed E-state index contributed by atoms with van der Waals surface area (Å²) in [5.74, 6) is 1.14. The number of nitrogens with zero attached hydrogens (tertiary/aromatic N) is 1. The van der Waals surface area contributed by atoms with Crippen molar-refractivity contribution in [2.24, 2.45) is 0 Å². The van der Waals surface area contributed by atoms with Gasteiger partial charge in [-0.1, -0.05) is 18.2 Å². The topological polar surface area (TPSA) is 32.7 Å². The molecule has 0 heterocycles. The first-order valence-corrected chi connectivity index (χ1v) is 6.27. The van der Waals surface area contributed by atoms with E-state index in [2.05, 4.69) is 17.9 Å². The number of phenols is 1. The summed E-state index contributed by atoms with van der Waals surface area (Å²) in [6.45, 7) is 2.13. The number of rotatable bonds is 4. The molecular weight excluding hydrogens is 238 g/mol. The molecule has 0 saturated heterocycles. The molecule has 1 atom stereocenters. The van der Waals surface area contributed by atoms with Gasteiger partial charge >= 0.3 is 0 Å². The van der Waals surface area contributed by atoms with Gasteiger partial charge in [-0.05, 0) is 36.8 Å². The van der Waals surface area contributed by atoms with E-state index in [9.17, 15) is 5.11 Å². The second-order valence-corrected chi connectivity index (χ2v) is 4.58. The van der Waals surface area contributed by atoms with Gasteiger partial charge in [-0.25, -0.2) is 0 Å². The van der Waals surface area contributed by atoms with E-state index in [1.807, 2.05) is 37.4 Å². The van der Waals surface area contributed by atoms with Crippen LogP contribution in [0.15, 0.2) is 48.5 Å². The summed E-state index contributed by atoms with van der Waals surface area (Å²) in [6, 6.07) is 15.5. The molecule has 0 aliphatic carbocycles.